The fourth-order valence-corrected chi connectivity index (χ4v) is 3.60. The van der Waals surface area contributed by atoms with Gasteiger partial charge in [0.25, 0.3) is 0 Å². The third-order valence-electron chi connectivity index (χ3n) is 4.74. The summed E-state index contributed by atoms with van der Waals surface area (Å²) < 4.78 is 11.3. The maximum absolute atomic E-state index is 5.92. The lowest BCUT2D eigenvalue weighted by Crippen LogP contribution is -2.42. The van der Waals surface area contributed by atoms with E-state index in [1.54, 1.807) is 0 Å². The average molecular weight is 278 g/mol. The summed E-state index contributed by atoms with van der Waals surface area (Å²) in [6.07, 6.45) is 5.81. The Bertz CT molecular complexity index is 458. The van der Waals surface area contributed by atoms with Gasteiger partial charge < -0.3 is 14.6 Å². The molecular formula is C14H22N4O2. The third-order valence-corrected chi connectivity index (χ3v) is 4.74. The van der Waals surface area contributed by atoms with Gasteiger partial charge in [0, 0.05) is 25.0 Å². The molecule has 3 fully saturated rings. The van der Waals surface area contributed by atoms with Crippen molar-refractivity contribution in [2.75, 3.05) is 26.2 Å². The molecule has 0 amide bonds. The van der Waals surface area contributed by atoms with E-state index in [2.05, 4.69) is 20.4 Å². The van der Waals surface area contributed by atoms with E-state index in [0.29, 0.717) is 12.1 Å². The summed E-state index contributed by atoms with van der Waals surface area (Å²) in [4.78, 5) is 7.04. The van der Waals surface area contributed by atoms with E-state index in [9.17, 15) is 0 Å². The van der Waals surface area contributed by atoms with Crippen LogP contribution in [-0.4, -0.2) is 53.4 Å². The zero-order valence-corrected chi connectivity index (χ0v) is 11.8. The standard InChI is InChI=1S/C14H22N4O2/c1-3-10(15-5-1)7-13-16-14(17-20-13)12-8-18-6-2-4-11(18)9-19-12/h10-12,15H,1-9H2. The Morgan fingerprint density at radius 2 is 2.30 bits per heavy atom. The highest BCUT2D eigenvalue weighted by Gasteiger charge is 2.35. The van der Waals surface area contributed by atoms with Crippen LogP contribution >= 0.6 is 0 Å². The number of fused-ring (bicyclic) bond motifs is 1. The van der Waals surface area contributed by atoms with Gasteiger partial charge in [0.2, 0.25) is 11.7 Å². The Morgan fingerprint density at radius 1 is 1.30 bits per heavy atom. The van der Waals surface area contributed by atoms with Crippen molar-refractivity contribution < 1.29 is 9.26 Å². The Morgan fingerprint density at radius 3 is 3.20 bits per heavy atom. The molecule has 1 aromatic rings. The molecule has 0 saturated carbocycles. The normalized spacial score (nSPS) is 34.5. The fourth-order valence-electron chi connectivity index (χ4n) is 3.60. The molecule has 3 saturated heterocycles. The van der Waals surface area contributed by atoms with Crippen LogP contribution in [0.25, 0.3) is 0 Å². The Hall–Kier alpha value is -0.980. The second-order valence-corrected chi connectivity index (χ2v) is 6.16. The fraction of sp³-hybridized carbons (Fsp3) is 0.857. The van der Waals surface area contributed by atoms with E-state index in [-0.39, 0.29) is 6.10 Å². The zero-order chi connectivity index (χ0) is 13.4. The molecule has 110 valence electrons. The van der Waals surface area contributed by atoms with Crippen molar-refractivity contribution in [1.82, 2.24) is 20.4 Å². The molecule has 1 aromatic heterocycles. The van der Waals surface area contributed by atoms with Crippen LogP contribution in [0, 0.1) is 0 Å². The molecule has 4 rings (SSSR count). The maximum atomic E-state index is 5.92. The molecular weight excluding hydrogens is 256 g/mol. The summed E-state index contributed by atoms with van der Waals surface area (Å²) in [5.41, 5.74) is 0. The van der Waals surface area contributed by atoms with Gasteiger partial charge >= 0.3 is 0 Å². The number of rotatable bonds is 3. The predicted octanol–water partition coefficient (Wildman–Crippen LogP) is 0.900. The SMILES string of the molecule is C1CNC(Cc2nc(C3CN4CCCC4CO3)no2)C1. The highest BCUT2D eigenvalue weighted by atomic mass is 16.5. The molecule has 1 N–H and O–H groups in total. The van der Waals surface area contributed by atoms with Crippen molar-refractivity contribution in [3.63, 3.8) is 0 Å². The Kier molecular flexibility index (Phi) is 3.45. The van der Waals surface area contributed by atoms with Crippen LogP contribution in [-0.2, 0) is 11.2 Å². The minimum atomic E-state index is -0.0154. The Labute approximate surface area is 118 Å². The summed E-state index contributed by atoms with van der Waals surface area (Å²) in [6, 6.07) is 1.11. The Balaban J connectivity index is 1.39. The number of hydrogen-bond acceptors (Lipinski definition) is 6. The van der Waals surface area contributed by atoms with Crippen molar-refractivity contribution >= 4 is 0 Å². The second kappa shape index (κ2) is 5.42. The van der Waals surface area contributed by atoms with Crippen molar-refractivity contribution in [3.8, 4) is 0 Å². The molecule has 6 heteroatoms. The second-order valence-electron chi connectivity index (χ2n) is 6.16. The number of hydrogen-bond donors (Lipinski definition) is 1. The molecule has 3 unspecified atom stereocenters. The van der Waals surface area contributed by atoms with E-state index in [4.69, 9.17) is 9.26 Å². The molecule has 3 aliphatic heterocycles. The van der Waals surface area contributed by atoms with Crippen molar-refractivity contribution in [3.05, 3.63) is 11.7 Å². The first kappa shape index (κ1) is 12.7. The molecule has 0 aromatic carbocycles. The van der Waals surface area contributed by atoms with E-state index >= 15 is 0 Å². The van der Waals surface area contributed by atoms with Gasteiger partial charge in [-0.3, -0.25) is 4.90 Å². The molecule has 0 bridgehead atoms. The van der Waals surface area contributed by atoms with Gasteiger partial charge in [0.15, 0.2) is 0 Å². The van der Waals surface area contributed by atoms with Gasteiger partial charge in [-0.05, 0) is 38.8 Å². The minimum Gasteiger partial charge on any atom is -0.367 e. The van der Waals surface area contributed by atoms with Crippen molar-refractivity contribution in [2.45, 2.75) is 50.3 Å². The first-order valence-electron chi connectivity index (χ1n) is 7.80. The molecule has 3 aliphatic rings. The molecule has 4 heterocycles. The largest absolute Gasteiger partial charge is 0.367 e. The van der Waals surface area contributed by atoms with E-state index < -0.39 is 0 Å². The van der Waals surface area contributed by atoms with Gasteiger partial charge in [0.1, 0.15) is 6.10 Å². The molecule has 0 aliphatic carbocycles. The van der Waals surface area contributed by atoms with Gasteiger partial charge in [-0.25, -0.2) is 0 Å². The topological polar surface area (TPSA) is 63.4 Å². The molecule has 6 nitrogen and oxygen atoms in total. The molecule has 0 spiro atoms. The molecule has 20 heavy (non-hydrogen) atoms. The quantitative estimate of drug-likeness (QED) is 0.886. The third kappa shape index (κ3) is 2.47. The lowest BCUT2D eigenvalue weighted by molar-refractivity contribution is -0.0548. The predicted molar refractivity (Wildman–Crippen MR) is 72.3 cm³/mol. The number of aromatic nitrogens is 2. The van der Waals surface area contributed by atoms with Crippen LogP contribution < -0.4 is 5.32 Å². The van der Waals surface area contributed by atoms with Crippen LogP contribution in [0.3, 0.4) is 0 Å². The lowest BCUT2D eigenvalue weighted by atomic mass is 10.1. The van der Waals surface area contributed by atoms with Crippen LogP contribution in [0.2, 0.25) is 0 Å². The molecule has 0 radical (unpaired) electrons. The number of nitrogens with zero attached hydrogens (tertiary/aromatic N) is 3. The highest BCUT2D eigenvalue weighted by molar-refractivity contribution is 4.98. The van der Waals surface area contributed by atoms with Gasteiger partial charge in [-0.2, -0.15) is 4.98 Å². The van der Waals surface area contributed by atoms with E-state index in [1.165, 1.54) is 32.2 Å². The average Bonchev–Trinajstić information content (AvgIpc) is 3.19. The van der Waals surface area contributed by atoms with Crippen molar-refractivity contribution in [2.24, 2.45) is 0 Å². The van der Waals surface area contributed by atoms with Gasteiger partial charge in [0.05, 0.1) is 6.61 Å². The van der Waals surface area contributed by atoms with Crippen LogP contribution in [0.1, 0.15) is 43.5 Å². The number of nitrogens with one attached hydrogen (secondary N) is 1. The summed E-state index contributed by atoms with van der Waals surface area (Å²) in [5, 5.41) is 7.59. The van der Waals surface area contributed by atoms with E-state index in [0.717, 1.165) is 37.8 Å². The summed E-state index contributed by atoms with van der Waals surface area (Å²) in [6.45, 7) is 4.00. The highest BCUT2D eigenvalue weighted by Crippen LogP contribution is 2.28. The monoisotopic (exact) mass is 278 g/mol. The van der Waals surface area contributed by atoms with E-state index in [1.807, 2.05) is 0 Å². The minimum absolute atomic E-state index is 0.0154. The van der Waals surface area contributed by atoms with Gasteiger partial charge in [-0.1, -0.05) is 5.16 Å². The smallest absolute Gasteiger partial charge is 0.228 e. The first-order chi connectivity index (χ1) is 9.88. The molecule has 3 atom stereocenters. The lowest BCUT2D eigenvalue weighted by Gasteiger charge is -2.33. The van der Waals surface area contributed by atoms with Crippen LogP contribution in [0.5, 0.6) is 0 Å². The first-order valence-corrected chi connectivity index (χ1v) is 7.80. The number of ether oxygens (including phenoxy) is 1. The maximum Gasteiger partial charge on any atom is 0.228 e. The van der Waals surface area contributed by atoms with Crippen molar-refractivity contribution in [1.29, 1.82) is 0 Å². The summed E-state index contributed by atoms with van der Waals surface area (Å²) in [7, 11) is 0. The van der Waals surface area contributed by atoms with Crippen LogP contribution in [0.15, 0.2) is 4.52 Å². The zero-order valence-electron chi connectivity index (χ0n) is 11.8. The summed E-state index contributed by atoms with van der Waals surface area (Å²) >= 11 is 0. The van der Waals surface area contributed by atoms with Crippen LogP contribution in [0.4, 0.5) is 0 Å². The number of morpholine rings is 1. The summed E-state index contributed by atoms with van der Waals surface area (Å²) in [5.74, 6) is 1.47. The van der Waals surface area contributed by atoms with Gasteiger partial charge in [-0.15, -0.1) is 0 Å².